The minimum absolute atomic E-state index is 0.0743. The van der Waals surface area contributed by atoms with Crippen LogP contribution in [0.3, 0.4) is 0 Å². The van der Waals surface area contributed by atoms with Crippen LogP contribution in [0.4, 0.5) is 0 Å². The summed E-state index contributed by atoms with van der Waals surface area (Å²) >= 11 is 7.76. The van der Waals surface area contributed by atoms with Crippen LogP contribution < -0.4 is 0 Å². The fraction of sp³-hybridized carbons (Fsp3) is 0.421. The van der Waals surface area contributed by atoms with Crippen LogP contribution in [0.5, 0.6) is 0 Å². The number of piperidine rings is 1. The van der Waals surface area contributed by atoms with Crippen molar-refractivity contribution in [1.82, 2.24) is 4.90 Å². The van der Waals surface area contributed by atoms with Gasteiger partial charge in [0.25, 0.3) is 0 Å². The van der Waals surface area contributed by atoms with Gasteiger partial charge in [0.05, 0.1) is 16.3 Å². The van der Waals surface area contributed by atoms with E-state index in [1.165, 1.54) is 21.6 Å². The first kappa shape index (κ1) is 17.5. The summed E-state index contributed by atoms with van der Waals surface area (Å²) in [6.07, 6.45) is 1.67. The van der Waals surface area contributed by atoms with Crippen LogP contribution >= 0.6 is 22.9 Å². The Bertz CT molecular complexity index is 743. The minimum Gasteiger partial charge on any atom is -0.481 e. The fourth-order valence-corrected chi connectivity index (χ4v) is 4.80. The molecule has 1 saturated heterocycles. The molecule has 2 aromatic rings. The zero-order chi connectivity index (χ0) is 17.3. The molecule has 1 aliphatic rings. The molecular formula is C19H22ClNO2S. The molecule has 5 heteroatoms. The van der Waals surface area contributed by atoms with Crippen molar-refractivity contribution in [2.24, 2.45) is 5.92 Å². The van der Waals surface area contributed by atoms with Crippen molar-refractivity contribution in [2.75, 3.05) is 13.1 Å². The van der Waals surface area contributed by atoms with Gasteiger partial charge < -0.3 is 5.11 Å². The third-order valence-corrected chi connectivity index (χ3v) is 6.03. The van der Waals surface area contributed by atoms with Crippen LogP contribution in [0.15, 0.2) is 30.3 Å². The van der Waals surface area contributed by atoms with Gasteiger partial charge in [-0.3, -0.25) is 9.69 Å². The first-order valence-corrected chi connectivity index (χ1v) is 9.44. The molecule has 0 bridgehead atoms. The number of carbonyl (C=O) groups is 1. The molecule has 2 heterocycles. The van der Waals surface area contributed by atoms with Gasteiger partial charge in [-0.15, -0.1) is 11.3 Å². The number of aryl methyl sites for hydroxylation is 2. The number of hydrogen-bond donors (Lipinski definition) is 1. The highest BCUT2D eigenvalue weighted by Crippen LogP contribution is 2.38. The maximum Gasteiger partial charge on any atom is 0.307 e. The van der Waals surface area contributed by atoms with Gasteiger partial charge in [-0.2, -0.15) is 0 Å². The second-order valence-electron chi connectivity index (χ2n) is 6.58. The number of carboxylic acids is 1. The largest absolute Gasteiger partial charge is 0.481 e. The van der Waals surface area contributed by atoms with E-state index in [4.69, 9.17) is 11.6 Å². The van der Waals surface area contributed by atoms with Gasteiger partial charge in [-0.25, -0.2) is 0 Å². The summed E-state index contributed by atoms with van der Waals surface area (Å²) in [5.74, 6) is -0.981. The van der Waals surface area contributed by atoms with Crippen molar-refractivity contribution in [3.05, 3.63) is 56.2 Å². The van der Waals surface area contributed by atoms with Gasteiger partial charge in [0.2, 0.25) is 0 Å². The second-order valence-corrected chi connectivity index (χ2v) is 8.32. The van der Waals surface area contributed by atoms with Crippen LogP contribution in [0, 0.1) is 19.8 Å². The second kappa shape index (κ2) is 7.26. The summed E-state index contributed by atoms with van der Waals surface area (Å²) in [4.78, 5) is 15.0. The molecule has 1 aromatic carbocycles. The Kier molecular flexibility index (Phi) is 5.28. The fourth-order valence-electron chi connectivity index (χ4n) is 3.58. The molecule has 0 saturated carbocycles. The van der Waals surface area contributed by atoms with Crippen molar-refractivity contribution in [2.45, 2.75) is 32.7 Å². The van der Waals surface area contributed by atoms with Gasteiger partial charge in [0.15, 0.2) is 0 Å². The van der Waals surface area contributed by atoms with E-state index in [1.807, 2.05) is 6.07 Å². The zero-order valence-electron chi connectivity index (χ0n) is 14.0. The van der Waals surface area contributed by atoms with Crippen LogP contribution in [0.25, 0.3) is 0 Å². The number of carboxylic acid groups (broad SMARTS) is 1. The van der Waals surface area contributed by atoms with E-state index >= 15 is 0 Å². The van der Waals surface area contributed by atoms with Gasteiger partial charge in [-0.1, -0.05) is 35.4 Å². The SMILES string of the molecule is Cc1ccc(C(c2ccc(Cl)s2)N2CCCC(C(=O)O)C2)c(C)c1. The Morgan fingerprint density at radius 1 is 1.33 bits per heavy atom. The Balaban J connectivity index is 2.00. The summed E-state index contributed by atoms with van der Waals surface area (Å²) in [7, 11) is 0. The van der Waals surface area contributed by atoms with Crippen LogP contribution in [-0.4, -0.2) is 29.1 Å². The molecule has 0 amide bonds. The van der Waals surface area contributed by atoms with E-state index in [-0.39, 0.29) is 12.0 Å². The number of hydrogen-bond acceptors (Lipinski definition) is 3. The molecule has 1 aliphatic heterocycles. The third kappa shape index (κ3) is 3.66. The number of halogens is 1. The highest BCUT2D eigenvalue weighted by molar-refractivity contribution is 7.16. The molecule has 0 spiro atoms. The zero-order valence-corrected chi connectivity index (χ0v) is 15.5. The molecule has 0 radical (unpaired) electrons. The predicted molar refractivity (Wildman–Crippen MR) is 99.0 cm³/mol. The van der Waals surface area contributed by atoms with Crippen LogP contribution in [-0.2, 0) is 4.79 Å². The molecule has 1 fully saturated rings. The molecule has 2 atom stereocenters. The number of rotatable bonds is 4. The Morgan fingerprint density at radius 3 is 2.75 bits per heavy atom. The van der Waals surface area contributed by atoms with E-state index in [2.05, 4.69) is 43.0 Å². The number of likely N-dealkylation sites (tertiary alicyclic amines) is 1. The molecule has 1 N–H and O–H groups in total. The van der Waals surface area contributed by atoms with Gasteiger partial charge in [0.1, 0.15) is 0 Å². The summed E-state index contributed by atoms with van der Waals surface area (Å²) in [6.45, 7) is 5.72. The molecule has 0 aliphatic carbocycles. The summed E-state index contributed by atoms with van der Waals surface area (Å²) in [5, 5.41) is 9.43. The predicted octanol–water partition coefficient (Wildman–Crippen LogP) is 4.90. The van der Waals surface area contributed by atoms with E-state index in [0.29, 0.717) is 6.54 Å². The lowest BCUT2D eigenvalue weighted by molar-refractivity contribution is -0.143. The van der Waals surface area contributed by atoms with Gasteiger partial charge >= 0.3 is 5.97 Å². The monoisotopic (exact) mass is 363 g/mol. The number of thiophene rings is 1. The van der Waals surface area contributed by atoms with E-state index < -0.39 is 5.97 Å². The lowest BCUT2D eigenvalue weighted by Crippen LogP contribution is -2.41. The standard InChI is InChI=1S/C19H22ClNO2S/c1-12-5-6-15(13(2)10-12)18(16-7-8-17(20)24-16)21-9-3-4-14(11-21)19(22)23/h5-8,10,14,18H,3-4,9,11H2,1-2H3,(H,22,23). The molecule has 1 aromatic heterocycles. The topological polar surface area (TPSA) is 40.5 Å². The molecule has 128 valence electrons. The van der Waals surface area contributed by atoms with Crippen LogP contribution in [0.1, 0.15) is 40.5 Å². The Morgan fingerprint density at radius 2 is 2.12 bits per heavy atom. The van der Waals surface area contributed by atoms with Crippen molar-refractivity contribution in [3.8, 4) is 0 Å². The number of nitrogens with zero attached hydrogens (tertiary/aromatic N) is 1. The third-order valence-electron chi connectivity index (χ3n) is 4.75. The average Bonchev–Trinajstić information content (AvgIpc) is 2.96. The molecule has 2 unspecified atom stereocenters. The summed E-state index contributed by atoms with van der Waals surface area (Å²) in [5.41, 5.74) is 3.72. The van der Waals surface area contributed by atoms with E-state index in [1.54, 1.807) is 11.3 Å². The quantitative estimate of drug-likeness (QED) is 0.839. The lowest BCUT2D eigenvalue weighted by atomic mass is 9.92. The van der Waals surface area contributed by atoms with Crippen molar-refractivity contribution < 1.29 is 9.90 Å². The summed E-state index contributed by atoms with van der Waals surface area (Å²) < 4.78 is 0.770. The number of benzene rings is 1. The summed E-state index contributed by atoms with van der Waals surface area (Å²) in [6, 6.07) is 10.6. The minimum atomic E-state index is -0.691. The van der Waals surface area contributed by atoms with Crippen molar-refractivity contribution >= 4 is 28.9 Å². The average molecular weight is 364 g/mol. The van der Waals surface area contributed by atoms with Gasteiger partial charge in [0, 0.05) is 11.4 Å². The first-order chi connectivity index (χ1) is 11.5. The normalized spacial score (nSPS) is 20.0. The highest BCUT2D eigenvalue weighted by Gasteiger charge is 2.32. The van der Waals surface area contributed by atoms with E-state index in [0.717, 1.165) is 23.7 Å². The molecule has 24 heavy (non-hydrogen) atoms. The Labute approximate surface area is 151 Å². The smallest absolute Gasteiger partial charge is 0.307 e. The van der Waals surface area contributed by atoms with Crippen LogP contribution in [0.2, 0.25) is 4.34 Å². The van der Waals surface area contributed by atoms with Crippen molar-refractivity contribution in [3.63, 3.8) is 0 Å². The molecular weight excluding hydrogens is 342 g/mol. The maximum atomic E-state index is 11.5. The maximum absolute atomic E-state index is 11.5. The van der Waals surface area contributed by atoms with Gasteiger partial charge in [-0.05, 0) is 56.5 Å². The van der Waals surface area contributed by atoms with E-state index in [9.17, 15) is 9.90 Å². The molecule has 3 rings (SSSR count). The highest BCUT2D eigenvalue weighted by atomic mass is 35.5. The lowest BCUT2D eigenvalue weighted by Gasteiger charge is -2.37. The van der Waals surface area contributed by atoms with Crippen molar-refractivity contribution in [1.29, 1.82) is 0 Å². The Hall–Kier alpha value is -1.36. The number of aliphatic carboxylic acids is 1. The molecule has 3 nitrogen and oxygen atoms in total. The first-order valence-electron chi connectivity index (χ1n) is 8.25.